The summed E-state index contributed by atoms with van der Waals surface area (Å²) in [7, 11) is 3.50. The molecule has 21 heavy (non-hydrogen) atoms. The second-order valence-corrected chi connectivity index (χ2v) is 5.72. The molecule has 1 amide bonds. The molecule has 0 spiro atoms. The molecule has 0 aliphatic carbocycles. The average molecular weight is 292 g/mol. The topological polar surface area (TPSA) is 58.4 Å². The maximum absolute atomic E-state index is 12.4. The van der Waals surface area contributed by atoms with Crippen molar-refractivity contribution in [2.45, 2.75) is 26.2 Å². The Balaban J connectivity index is 2.08. The maximum Gasteiger partial charge on any atom is 0.268 e. The Morgan fingerprint density at radius 3 is 2.95 bits per heavy atom. The number of nitrogens with zero attached hydrogens (tertiary/aromatic N) is 4. The smallest absolute Gasteiger partial charge is 0.268 e. The minimum atomic E-state index is -0.121. The van der Waals surface area contributed by atoms with E-state index in [2.05, 4.69) is 16.9 Å². The third-order valence-corrected chi connectivity index (χ3v) is 4.02. The summed E-state index contributed by atoms with van der Waals surface area (Å²) in [6, 6.07) is 1.59. The van der Waals surface area contributed by atoms with E-state index in [1.54, 1.807) is 19.3 Å². The highest BCUT2D eigenvalue weighted by Gasteiger charge is 2.28. The Hall–Kier alpha value is -1.85. The van der Waals surface area contributed by atoms with Crippen LogP contribution in [-0.4, -0.2) is 47.3 Å². The van der Waals surface area contributed by atoms with E-state index < -0.39 is 0 Å². The van der Waals surface area contributed by atoms with Crippen LogP contribution in [0.2, 0.25) is 0 Å². The van der Waals surface area contributed by atoms with Crippen molar-refractivity contribution in [2.24, 2.45) is 13.0 Å². The van der Waals surface area contributed by atoms with Gasteiger partial charge in [0.05, 0.1) is 17.8 Å². The van der Waals surface area contributed by atoms with E-state index in [4.69, 9.17) is 0 Å². The molecule has 6 heteroatoms. The van der Waals surface area contributed by atoms with Crippen LogP contribution in [0, 0.1) is 5.92 Å². The molecule has 0 radical (unpaired) electrons. The van der Waals surface area contributed by atoms with Gasteiger partial charge in [0.2, 0.25) is 5.91 Å². The second kappa shape index (κ2) is 6.74. The number of carbonyl (C=O) groups is 1. The van der Waals surface area contributed by atoms with Gasteiger partial charge in [0.25, 0.3) is 5.56 Å². The molecule has 2 heterocycles. The number of carbonyl (C=O) groups excluding carboxylic acids is 1. The zero-order valence-electron chi connectivity index (χ0n) is 13.1. The predicted molar refractivity (Wildman–Crippen MR) is 82.3 cm³/mol. The Morgan fingerprint density at radius 2 is 2.29 bits per heavy atom. The fraction of sp³-hybridized carbons (Fsp3) is 0.667. The monoisotopic (exact) mass is 292 g/mol. The van der Waals surface area contributed by atoms with E-state index in [1.807, 2.05) is 11.9 Å². The molecule has 1 fully saturated rings. The van der Waals surface area contributed by atoms with Gasteiger partial charge in [0.15, 0.2) is 0 Å². The second-order valence-electron chi connectivity index (χ2n) is 5.72. The molecule has 1 saturated heterocycles. The Morgan fingerprint density at radius 1 is 1.52 bits per heavy atom. The zero-order valence-corrected chi connectivity index (χ0v) is 13.1. The van der Waals surface area contributed by atoms with Crippen molar-refractivity contribution >= 4 is 11.6 Å². The molecule has 1 aliphatic rings. The van der Waals surface area contributed by atoms with Gasteiger partial charge in [-0.15, -0.1) is 0 Å². The number of rotatable bonds is 4. The van der Waals surface area contributed by atoms with E-state index >= 15 is 0 Å². The lowest BCUT2D eigenvalue weighted by atomic mass is 9.96. The number of hydrogen-bond donors (Lipinski definition) is 0. The van der Waals surface area contributed by atoms with Gasteiger partial charge in [-0.1, -0.05) is 6.92 Å². The lowest BCUT2D eigenvalue weighted by Gasteiger charge is -2.35. The predicted octanol–water partition coefficient (Wildman–Crippen LogP) is 0.865. The van der Waals surface area contributed by atoms with E-state index in [0.29, 0.717) is 6.54 Å². The summed E-state index contributed by atoms with van der Waals surface area (Å²) in [6.07, 6.45) is 4.55. The van der Waals surface area contributed by atoms with Crippen LogP contribution in [0.25, 0.3) is 0 Å². The summed E-state index contributed by atoms with van der Waals surface area (Å²) < 4.78 is 1.31. The molecule has 1 atom stereocenters. The van der Waals surface area contributed by atoms with Crippen LogP contribution in [0.3, 0.4) is 0 Å². The Kier molecular flexibility index (Phi) is 4.98. The van der Waals surface area contributed by atoms with Crippen molar-refractivity contribution in [3.05, 3.63) is 22.6 Å². The molecule has 1 aromatic heterocycles. The van der Waals surface area contributed by atoms with Crippen LogP contribution in [0.15, 0.2) is 17.1 Å². The van der Waals surface area contributed by atoms with Gasteiger partial charge in [0.1, 0.15) is 0 Å². The molecular formula is C15H24N4O2. The first-order chi connectivity index (χ1) is 10.0. The third-order valence-electron chi connectivity index (χ3n) is 4.02. The first-order valence-corrected chi connectivity index (χ1v) is 7.56. The molecule has 2 rings (SSSR count). The molecule has 0 N–H and O–H groups in total. The largest absolute Gasteiger partial charge is 0.369 e. The lowest BCUT2D eigenvalue weighted by molar-refractivity contribution is -0.134. The van der Waals surface area contributed by atoms with Crippen molar-refractivity contribution in [2.75, 3.05) is 31.6 Å². The van der Waals surface area contributed by atoms with Crippen molar-refractivity contribution in [3.8, 4) is 0 Å². The standard InChI is InChI=1S/C15H24N4O2/c1-4-7-17(2)15(21)12-6-5-8-19(11-12)13-9-14(20)18(3)16-10-13/h9-10,12H,4-8,11H2,1-3H3/t12-/m1/s1. The van der Waals surface area contributed by atoms with E-state index in [1.165, 1.54) is 4.68 Å². The van der Waals surface area contributed by atoms with Crippen molar-refractivity contribution in [1.82, 2.24) is 14.7 Å². The van der Waals surface area contributed by atoms with Crippen molar-refractivity contribution in [1.29, 1.82) is 0 Å². The highest BCUT2D eigenvalue weighted by atomic mass is 16.2. The summed E-state index contributed by atoms with van der Waals surface area (Å²) in [4.78, 5) is 28.0. The first-order valence-electron chi connectivity index (χ1n) is 7.56. The summed E-state index contributed by atoms with van der Waals surface area (Å²) >= 11 is 0. The fourth-order valence-electron chi connectivity index (χ4n) is 2.80. The van der Waals surface area contributed by atoms with Gasteiger partial charge in [-0.05, 0) is 19.3 Å². The summed E-state index contributed by atoms with van der Waals surface area (Å²) in [5.41, 5.74) is 0.692. The van der Waals surface area contributed by atoms with Crippen LogP contribution < -0.4 is 10.5 Å². The molecular weight excluding hydrogens is 268 g/mol. The molecule has 116 valence electrons. The summed E-state index contributed by atoms with van der Waals surface area (Å²) in [6.45, 7) is 4.41. The first kappa shape index (κ1) is 15.5. The fourth-order valence-corrected chi connectivity index (χ4v) is 2.80. The number of amides is 1. The minimum Gasteiger partial charge on any atom is -0.369 e. The molecule has 0 bridgehead atoms. The molecule has 1 aromatic rings. The molecule has 6 nitrogen and oxygen atoms in total. The SMILES string of the molecule is CCCN(C)C(=O)[C@@H]1CCCN(c2cnn(C)c(=O)c2)C1. The molecule has 0 saturated carbocycles. The number of hydrogen-bond acceptors (Lipinski definition) is 4. The minimum absolute atomic E-state index is 0.0133. The van der Waals surface area contributed by atoms with E-state index in [9.17, 15) is 9.59 Å². The molecule has 1 aliphatic heterocycles. The number of piperidine rings is 1. The normalized spacial score (nSPS) is 18.6. The van der Waals surface area contributed by atoms with Crippen molar-refractivity contribution in [3.63, 3.8) is 0 Å². The highest BCUT2D eigenvalue weighted by molar-refractivity contribution is 5.79. The zero-order chi connectivity index (χ0) is 15.4. The van der Waals surface area contributed by atoms with Crippen LogP contribution in [-0.2, 0) is 11.8 Å². The number of aryl methyl sites for hydroxylation is 1. The van der Waals surface area contributed by atoms with Crippen LogP contribution in [0.4, 0.5) is 5.69 Å². The van der Waals surface area contributed by atoms with E-state index in [-0.39, 0.29) is 17.4 Å². The molecule has 0 aromatic carbocycles. The third kappa shape index (κ3) is 3.62. The van der Waals surface area contributed by atoms with Gasteiger partial charge in [-0.3, -0.25) is 9.59 Å². The van der Waals surface area contributed by atoms with Gasteiger partial charge in [0, 0.05) is 39.8 Å². The van der Waals surface area contributed by atoms with Gasteiger partial charge in [-0.2, -0.15) is 5.10 Å². The van der Waals surface area contributed by atoms with E-state index in [0.717, 1.165) is 38.0 Å². The van der Waals surface area contributed by atoms with Crippen molar-refractivity contribution < 1.29 is 4.79 Å². The molecule has 0 unspecified atom stereocenters. The van der Waals surface area contributed by atoms with Crippen LogP contribution in [0.1, 0.15) is 26.2 Å². The Bertz CT molecular complexity index is 555. The maximum atomic E-state index is 12.4. The summed E-state index contributed by atoms with van der Waals surface area (Å²) in [5, 5.41) is 4.06. The number of aromatic nitrogens is 2. The lowest BCUT2D eigenvalue weighted by Crippen LogP contribution is -2.44. The average Bonchev–Trinajstić information content (AvgIpc) is 2.49. The summed E-state index contributed by atoms with van der Waals surface area (Å²) in [5.74, 6) is 0.220. The van der Waals surface area contributed by atoms with Crippen LogP contribution >= 0.6 is 0 Å². The quantitative estimate of drug-likeness (QED) is 0.826. The van der Waals surface area contributed by atoms with Gasteiger partial charge in [-0.25, -0.2) is 4.68 Å². The van der Waals surface area contributed by atoms with Crippen LogP contribution in [0.5, 0.6) is 0 Å². The Labute approximate surface area is 125 Å². The van der Waals surface area contributed by atoms with Gasteiger partial charge >= 0.3 is 0 Å². The number of anilines is 1. The highest BCUT2D eigenvalue weighted by Crippen LogP contribution is 2.22. The van der Waals surface area contributed by atoms with Gasteiger partial charge < -0.3 is 9.80 Å².